The van der Waals surface area contributed by atoms with Gasteiger partial charge in [-0.2, -0.15) is 0 Å². The number of carbonyl (C=O) groups excluding carboxylic acids is 2. The summed E-state index contributed by atoms with van der Waals surface area (Å²) < 4.78 is 42.2. The van der Waals surface area contributed by atoms with Gasteiger partial charge in [0.25, 0.3) is 10.0 Å². The first-order chi connectivity index (χ1) is 18.5. The molecule has 0 bridgehead atoms. The highest BCUT2D eigenvalue weighted by Gasteiger charge is 2.32. The first-order valence-electron chi connectivity index (χ1n) is 13.0. The summed E-state index contributed by atoms with van der Waals surface area (Å²) in [5.74, 6) is -1.32. The average molecular weight is 554 g/mol. The Bertz CT molecular complexity index is 1380. The normalized spacial score (nSPS) is 12.0. The second-order valence-electron chi connectivity index (χ2n) is 9.56. The number of amides is 2. The molecule has 7 nitrogen and oxygen atoms in total. The van der Waals surface area contributed by atoms with Crippen molar-refractivity contribution in [1.29, 1.82) is 0 Å². The number of sulfonamides is 1. The Balaban J connectivity index is 2.00. The minimum atomic E-state index is -4.12. The average Bonchev–Trinajstić information content (AvgIpc) is 2.93. The molecule has 3 aromatic rings. The van der Waals surface area contributed by atoms with Gasteiger partial charge in [-0.3, -0.25) is 13.9 Å². The lowest BCUT2D eigenvalue weighted by Crippen LogP contribution is -2.51. The van der Waals surface area contributed by atoms with Crippen molar-refractivity contribution in [3.05, 3.63) is 95.3 Å². The van der Waals surface area contributed by atoms with Crippen molar-refractivity contribution in [1.82, 2.24) is 10.2 Å². The standard InChI is InChI=1S/C30H36FN3O4S/c1-5-6-18-32-30(36)24(4)33(20-25-13-15-26(31)16-14-25)29(35)21-34(27-17-12-22(2)23(3)19-27)39(37,38)28-10-8-7-9-11-28/h7-17,19,24H,5-6,18,20-21H2,1-4H3,(H,32,36)/t24-/m0/s1. The van der Waals surface area contributed by atoms with Gasteiger partial charge in [0.1, 0.15) is 18.4 Å². The third-order valence-electron chi connectivity index (χ3n) is 6.65. The molecule has 0 saturated heterocycles. The van der Waals surface area contributed by atoms with Crippen LogP contribution in [0.15, 0.2) is 77.7 Å². The van der Waals surface area contributed by atoms with Crippen molar-refractivity contribution in [3.63, 3.8) is 0 Å². The molecule has 0 spiro atoms. The zero-order chi connectivity index (χ0) is 28.6. The fourth-order valence-corrected chi connectivity index (χ4v) is 5.46. The van der Waals surface area contributed by atoms with Gasteiger partial charge in [-0.15, -0.1) is 0 Å². The maximum atomic E-state index is 13.9. The molecule has 9 heteroatoms. The summed E-state index contributed by atoms with van der Waals surface area (Å²) in [5.41, 5.74) is 2.82. The van der Waals surface area contributed by atoms with Crippen LogP contribution in [0.4, 0.5) is 10.1 Å². The third kappa shape index (κ3) is 7.66. The predicted octanol–water partition coefficient (Wildman–Crippen LogP) is 4.97. The summed E-state index contributed by atoms with van der Waals surface area (Å²) in [6.45, 7) is 7.36. The van der Waals surface area contributed by atoms with Crippen LogP contribution in [0.2, 0.25) is 0 Å². The van der Waals surface area contributed by atoms with Crippen molar-refractivity contribution in [2.75, 3.05) is 17.4 Å². The van der Waals surface area contributed by atoms with E-state index in [-0.39, 0.29) is 17.3 Å². The number of halogens is 1. The van der Waals surface area contributed by atoms with Gasteiger partial charge in [-0.05, 0) is 80.3 Å². The molecule has 0 radical (unpaired) electrons. The largest absolute Gasteiger partial charge is 0.354 e. The highest BCUT2D eigenvalue weighted by atomic mass is 32.2. The van der Waals surface area contributed by atoms with Gasteiger partial charge in [0.15, 0.2) is 0 Å². The molecule has 0 aromatic heterocycles. The van der Waals surface area contributed by atoms with E-state index in [0.29, 0.717) is 17.8 Å². The quantitative estimate of drug-likeness (QED) is 0.321. The second kappa shape index (κ2) is 13.4. The van der Waals surface area contributed by atoms with E-state index in [1.165, 1.54) is 29.2 Å². The molecular formula is C30H36FN3O4S. The molecule has 0 saturated carbocycles. The summed E-state index contributed by atoms with van der Waals surface area (Å²) in [6, 6.07) is 17.9. The summed E-state index contributed by atoms with van der Waals surface area (Å²) in [4.78, 5) is 28.2. The Morgan fingerprint density at radius 3 is 2.23 bits per heavy atom. The number of rotatable bonds is 12. The first kappa shape index (κ1) is 29.8. The monoisotopic (exact) mass is 553 g/mol. The highest BCUT2D eigenvalue weighted by molar-refractivity contribution is 7.92. The van der Waals surface area contributed by atoms with E-state index in [1.54, 1.807) is 49.4 Å². The molecule has 0 unspecified atom stereocenters. The predicted molar refractivity (Wildman–Crippen MR) is 151 cm³/mol. The zero-order valence-corrected chi connectivity index (χ0v) is 23.7. The topological polar surface area (TPSA) is 86.8 Å². The molecule has 0 aliphatic heterocycles. The third-order valence-corrected chi connectivity index (χ3v) is 8.44. The second-order valence-corrected chi connectivity index (χ2v) is 11.4. The van der Waals surface area contributed by atoms with Crippen LogP contribution in [0.1, 0.15) is 43.4 Å². The number of aryl methyl sites for hydroxylation is 2. The molecule has 1 atom stereocenters. The van der Waals surface area contributed by atoms with Crippen LogP contribution in [0.5, 0.6) is 0 Å². The minimum absolute atomic E-state index is 0.00757. The lowest BCUT2D eigenvalue weighted by Gasteiger charge is -2.32. The van der Waals surface area contributed by atoms with Crippen molar-refractivity contribution >= 4 is 27.5 Å². The van der Waals surface area contributed by atoms with Crippen LogP contribution in [0.3, 0.4) is 0 Å². The molecule has 0 heterocycles. The van der Waals surface area contributed by atoms with E-state index in [1.807, 2.05) is 26.8 Å². The van der Waals surface area contributed by atoms with Gasteiger partial charge in [0.2, 0.25) is 11.8 Å². The Morgan fingerprint density at radius 1 is 0.949 bits per heavy atom. The van der Waals surface area contributed by atoms with Gasteiger partial charge in [0, 0.05) is 13.1 Å². The molecule has 39 heavy (non-hydrogen) atoms. The summed E-state index contributed by atoms with van der Waals surface area (Å²) in [6.07, 6.45) is 1.69. The van der Waals surface area contributed by atoms with Crippen molar-refractivity contribution in [2.24, 2.45) is 0 Å². The van der Waals surface area contributed by atoms with Gasteiger partial charge in [-0.25, -0.2) is 12.8 Å². The smallest absolute Gasteiger partial charge is 0.264 e. The number of carbonyl (C=O) groups is 2. The number of anilines is 1. The summed E-state index contributed by atoms with van der Waals surface area (Å²) in [5, 5.41) is 2.84. The van der Waals surface area contributed by atoms with E-state index in [0.717, 1.165) is 28.3 Å². The van der Waals surface area contributed by atoms with Gasteiger partial charge < -0.3 is 10.2 Å². The van der Waals surface area contributed by atoms with Crippen molar-refractivity contribution in [3.8, 4) is 0 Å². The minimum Gasteiger partial charge on any atom is -0.354 e. The van der Waals surface area contributed by atoms with Crippen molar-refractivity contribution in [2.45, 2.75) is 58.0 Å². The number of nitrogens with zero attached hydrogens (tertiary/aromatic N) is 2. The van der Waals surface area contributed by atoms with Crippen LogP contribution in [0, 0.1) is 19.7 Å². The molecule has 0 aliphatic carbocycles. The van der Waals surface area contributed by atoms with E-state index in [4.69, 9.17) is 0 Å². The number of hydrogen-bond donors (Lipinski definition) is 1. The molecule has 208 valence electrons. The van der Waals surface area contributed by atoms with E-state index >= 15 is 0 Å². The Hall–Kier alpha value is -3.72. The van der Waals surface area contributed by atoms with Gasteiger partial charge in [0.05, 0.1) is 10.6 Å². The van der Waals surface area contributed by atoms with E-state index in [9.17, 15) is 22.4 Å². The highest BCUT2D eigenvalue weighted by Crippen LogP contribution is 2.26. The Morgan fingerprint density at radius 2 is 1.62 bits per heavy atom. The zero-order valence-electron chi connectivity index (χ0n) is 22.9. The molecule has 3 rings (SSSR count). The SMILES string of the molecule is CCCCNC(=O)[C@H](C)N(Cc1ccc(F)cc1)C(=O)CN(c1ccc(C)c(C)c1)S(=O)(=O)c1ccccc1. The fraction of sp³-hybridized carbons (Fsp3) is 0.333. The van der Waals surface area contributed by atoms with E-state index < -0.39 is 34.3 Å². The van der Waals surface area contributed by atoms with Crippen molar-refractivity contribution < 1.29 is 22.4 Å². The lowest BCUT2D eigenvalue weighted by atomic mass is 10.1. The molecule has 3 aromatic carbocycles. The molecule has 1 N–H and O–H groups in total. The van der Waals surface area contributed by atoms with Crippen LogP contribution in [0.25, 0.3) is 0 Å². The van der Waals surface area contributed by atoms with Crippen LogP contribution in [-0.2, 0) is 26.2 Å². The molecule has 0 fully saturated rings. The Labute approximate surface area is 230 Å². The van der Waals surface area contributed by atoms with Gasteiger partial charge >= 0.3 is 0 Å². The lowest BCUT2D eigenvalue weighted by molar-refractivity contribution is -0.139. The van der Waals surface area contributed by atoms with Crippen LogP contribution >= 0.6 is 0 Å². The van der Waals surface area contributed by atoms with Gasteiger partial charge in [-0.1, -0.05) is 49.7 Å². The number of hydrogen-bond acceptors (Lipinski definition) is 4. The van der Waals surface area contributed by atoms with Crippen LogP contribution in [-0.4, -0.2) is 44.3 Å². The molecular weight excluding hydrogens is 517 g/mol. The first-order valence-corrected chi connectivity index (χ1v) is 14.4. The number of unbranched alkanes of at least 4 members (excludes halogenated alkanes) is 1. The molecule has 0 aliphatic rings. The van der Waals surface area contributed by atoms with E-state index in [2.05, 4.69) is 5.32 Å². The number of benzene rings is 3. The summed E-state index contributed by atoms with van der Waals surface area (Å²) >= 11 is 0. The molecule has 2 amide bonds. The maximum absolute atomic E-state index is 13.9. The number of nitrogens with one attached hydrogen (secondary N) is 1. The Kier molecular flexibility index (Phi) is 10.2. The fourth-order valence-electron chi connectivity index (χ4n) is 4.03. The summed E-state index contributed by atoms with van der Waals surface area (Å²) in [7, 11) is -4.12. The van der Waals surface area contributed by atoms with Crippen LogP contribution < -0.4 is 9.62 Å². The maximum Gasteiger partial charge on any atom is 0.264 e.